The van der Waals surface area contributed by atoms with Crippen LogP contribution >= 0.6 is 15.9 Å². The van der Waals surface area contributed by atoms with E-state index < -0.39 is 4.92 Å². The molecule has 1 aromatic heterocycles. The zero-order valence-corrected chi connectivity index (χ0v) is 9.24. The number of hydrogen-bond acceptors (Lipinski definition) is 4. The monoisotopic (exact) mass is 259 g/mol. The lowest BCUT2D eigenvalue weighted by Crippen LogP contribution is -2.03. The third-order valence-corrected chi connectivity index (χ3v) is 2.18. The number of halogens is 1. The topological polar surface area (TPSA) is 68.1 Å². The van der Waals surface area contributed by atoms with Gasteiger partial charge in [-0.25, -0.2) is 4.98 Å². The summed E-state index contributed by atoms with van der Waals surface area (Å²) in [7, 11) is 0. The zero-order chi connectivity index (χ0) is 10.6. The second-order valence-corrected chi connectivity index (χ2v) is 3.56. The van der Waals surface area contributed by atoms with Crippen molar-refractivity contribution in [3.05, 3.63) is 26.9 Å². The van der Waals surface area contributed by atoms with Crippen molar-refractivity contribution in [1.82, 2.24) is 4.98 Å². The van der Waals surface area contributed by atoms with Crippen LogP contribution in [0, 0.1) is 10.1 Å². The Morgan fingerprint density at radius 1 is 1.71 bits per heavy atom. The molecule has 1 rings (SSSR count). The van der Waals surface area contributed by atoms with E-state index in [0.29, 0.717) is 10.3 Å². The van der Waals surface area contributed by atoms with Crippen LogP contribution in [0.4, 0.5) is 11.5 Å². The number of aromatic nitrogens is 1. The maximum absolute atomic E-state index is 10.4. The quantitative estimate of drug-likeness (QED) is 0.667. The number of anilines is 1. The van der Waals surface area contributed by atoms with Crippen LogP contribution in [0.25, 0.3) is 0 Å². The molecule has 0 spiro atoms. The van der Waals surface area contributed by atoms with Crippen LogP contribution in [-0.4, -0.2) is 16.5 Å². The summed E-state index contributed by atoms with van der Waals surface area (Å²) in [5.41, 5.74) is -0.0149. The van der Waals surface area contributed by atoms with Gasteiger partial charge in [-0.2, -0.15) is 0 Å². The molecule has 0 aliphatic heterocycles. The van der Waals surface area contributed by atoms with E-state index in [1.54, 1.807) is 0 Å². The van der Waals surface area contributed by atoms with E-state index >= 15 is 0 Å². The molecule has 0 saturated heterocycles. The predicted octanol–water partition coefficient (Wildman–Crippen LogP) is 2.57. The molecule has 0 atom stereocenters. The first-order valence-electron chi connectivity index (χ1n) is 4.19. The first-order chi connectivity index (χ1) is 6.65. The van der Waals surface area contributed by atoms with Gasteiger partial charge >= 0.3 is 0 Å². The third-order valence-electron chi connectivity index (χ3n) is 1.58. The minimum absolute atomic E-state index is 0.0149. The number of nitrogens with zero attached hydrogens (tertiary/aromatic N) is 2. The Bertz CT molecular complexity index is 343. The molecule has 0 aromatic carbocycles. The number of nitro groups is 1. The SMILES string of the molecule is CCCNc1ncc([N+](=O)[O-])cc1Br. The first kappa shape index (κ1) is 10.9. The summed E-state index contributed by atoms with van der Waals surface area (Å²) in [5, 5.41) is 13.5. The number of pyridine rings is 1. The van der Waals surface area contributed by atoms with Gasteiger partial charge in [0.15, 0.2) is 0 Å². The van der Waals surface area contributed by atoms with Crippen molar-refractivity contribution in [1.29, 1.82) is 0 Å². The lowest BCUT2D eigenvalue weighted by molar-refractivity contribution is -0.385. The van der Waals surface area contributed by atoms with E-state index in [0.717, 1.165) is 13.0 Å². The minimum Gasteiger partial charge on any atom is -0.369 e. The van der Waals surface area contributed by atoms with Crippen molar-refractivity contribution in [2.24, 2.45) is 0 Å². The number of nitrogens with one attached hydrogen (secondary N) is 1. The van der Waals surface area contributed by atoms with Crippen LogP contribution in [0.5, 0.6) is 0 Å². The van der Waals surface area contributed by atoms with Gasteiger partial charge in [0.1, 0.15) is 12.0 Å². The predicted molar refractivity (Wildman–Crippen MR) is 57.4 cm³/mol. The highest BCUT2D eigenvalue weighted by Crippen LogP contribution is 2.24. The highest BCUT2D eigenvalue weighted by atomic mass is 79.9. The fourth-order valence-electron chi connectivity index (χ4n) is 0.901. The molecule has 6 heteroatoms. The zero-order valence-electron chi connectivity index (χ0n) is 7.66. The van der Waals surface area contributed by atoms with Crippen molar-refractivity contribution < 1.29 is 4.92 Å². The second-order valence-electron chi connectivity index (χ2n) is 2.71. The Labute approximate surface area is 89.8 Å². The first-order valence-corrected chi connectivity index (χ1v) is 4.98. The van der Waals surface area contributed by atoms with Gasteiger partial charge in [-0.05, 0) is 22.4 Å². The molecule has 1 aromatic rings. The van der Waals surface area contributed by atoms with E-state index in [1.165, 1.54) is 12.3 Å². The lowest BCUT2D eigenvalue weighted by Gasteiger charge is -2.04. The third kappa shape index (κ3) is 2.66. The normalized spacial score (nSPS) is 9.86. The summed E-state index contributed by atoms with van der Waals surface area (Å²) in [4.78, 5) is 13.9. The molecule has 1 heterocycles. The molecule has 14 heavy (non-hydrogen) atoms. The van der Waals surface area contributed by atoms with Gasteiger partial charge in [0.2, 0.25) is 0 Å². The Kier molecular flexibility index (Phi) is 3.82. The second kappa shape index (κ2) is 4.90. The molecular formula is C8H10BrN3O2. The number of rotatable bonds is 4. The van der Waals surface area contributed by atoms with Crippen molar-refractivity contribution in [2.45, 2.75) is 13.3 Å². The summed E-state index contributed by atoms with van der Waals surface area (Å²) in [5.74, 6) is 0.637. The van der Waals surface area contributed by atoms with Gasteiger partial charge in [-0.15, -0.1) is 0 Å². The standard InChI is InChI=1S/C8H10BrN3O2/c1-2-3-10-8-7(9)4-6(5-11-8)12(13)14/h4-5H,2-3H2,1H3,(H,10,11). The summed E-state index contributed by atoms with van der Waals surface area (Å²) >= 11 is 3.22. The van der Waals surface area contributed by atoms with E-state index in [9.17, 15) is 10.1 Å². The van der Waals surface area contributed by atoms with Crippen molar-refractivity contribution in [3.63, 3.8) is 0 Å². The fourth-order valence-corrected chi connectivity index (χ4v) is 1.38. The summed E-state index contributed by atoms with van der Waals surface area (Å²) in [6, 6.07) is 1.44. The van der Waals surface area contributed by atoms with E-state index in [1.807, 2.05) is 6.92 Å². The molecule has 0 aliphatic rings. The van der Waals surface area contributed by atoms with Crippen molar-refractivity contribution >= 4 is 27.4 Å². The van der Waals surface area contributed by atoms with Gasteiger partial charge < -0.3 is 5.32 Å². The molecule has 0 radical (unpaired) electrons. The van der Waals surface area contributed by atoms with Crippen LogP contribution in [0.1, 0.15) is 13.3 Å². The Morgan fingerprint density at radius 3 is 2.93 bits per heavy atom. The summed E-state index contributed by atoms with van der Waals surface area (Å²) in [6.45, 7) is 2.83. The highest BCUT2D eigenvalue weighted by molar-refractivity contribution is 9.10. The van der Waals surface area contributed by atoms with Crippen LogP contribution in [0.2, 0.25) is 0 Å². The van der Waals surface area contributed by atoms with Crippen molar-refractivity contribution in [2.75, 3.05) is 11.9 Å². The smallest absolute Gasteiger partial charge is 0.288 e. The van der Waals surface area contributed by atoms with Gasteiger partial charge in [0.05, 0.1) is 9.40 Å². The fraction of sp³-hybridized carbons (Fsp3) is 0.375. The minimum atomic E-state index is -0.471. The van der Waals surface area contributed by atoms with Crippen LogP contribution in [0.15, 0.2) is 16.7 Å². The average Bonchev–Trinajstić information content (AvgIpc) is 2.15. The van der Waals surface area contributed by atoms with E-state index in [2.05, 4.69) is 26.2 Å². The van der Waals surface area contributed by atoms with E-state index in [-0.39, 0.29) is 5.69 Å². The molecule has 5 nitrogen and oxygen atoms in total. The largest absolute Gasteiger partial charge is 0.369 e. The molecule has 0 aliphatic carbocycles. The lowest BCUT2D eigenvalue weighted by atomic mass is 10.4. The van der Waals surface area contributed by atoms with Gasteiger partial charge in [-0.3, -0.25) is 10.1 Å². The van der Waals surface area contributed by atoms with Gasteiger partial charge in [-0.1, -0.05) is 6.92 Å². The maximum atomic E-state index is 10.4. The average molecular weight is 260 g/mol. The van der Waals surface area contributed by atoms with Crippen LogP contribution < -0.4 is 5.32 Å². The molecule has 0 amide bonds. The Hall–Kier alpha value is -1.17. The highest BCUT2D eigenvalue weighted by Gasteiger charge is 2.09. The van der Waals surface area contributed by atoms with Gasteiger partial charge in [0, 0.05) is 12.6 Å². The van der Waals surface area contributed by atoms with E-state index in [4.69, 9.17) is 0 Å². The molecule has 0 bridgehead atoms. The van der Waals surface area contributed by atoms with Crippen LogP contribution in [-0.2, 0) is 0 Å². The summed E-state index contributed by atoms with van der Waals surface area (Å²) < 4.78 is 0.611. The Balaban J connectivity index is 2.84. The molecular weight excluding hydrogens is 250 g/mol. The number of hydrogen-bond donors (Lipinski definition) is 1. The Morgan fingerprint density at radius 2 is 2.43 bits per heavy atom. The summed E-state index contributed by atoms with van der Waals surface area (Å²) in [6.07, 6.45) is 2.22. The van der Waals surface area contributed by atoms with Crippen molar-refractivity contribution in [3.8, 4) is 0 Å². The van der Waals surface area contributed by atoms with Gasteiger partial charge in [0.25, 0.3) is 5.69 Å². The molecule has 0 fully saturated rings. The molecule has 76 valence electrons. The molecule has 0 saturated carbocycles. The maximum Gasteiger partial charge on any atom is 0.288 e. The molecule has 0 unspecified atom stereocenters. The molecule has 1 N–H and O–H groups in total. The van der Waals surface area contributed by atoms with Crippen LogP contribution in [0.3, 0.4) is 0 Å².